The van der Waals surface area contributed by atoms with Crippen LogP contribution in [0.25, 0.3) is 11.4 Å². The second-order valence-electron chi connectivity index (χ2n) is 5.96. The van der Waals surface area contributed by atoms with Gasteiger partial charge in [0.05, 0.1) is 16.0 Å². The van der Waals surface area contributed by atoms with Crippen LogP contribution in [0.2, 0.25) is 0 Å². The molecule has 0 aliphatic rings. The predicted molar refractivity (Wildman–Crippen MR) is 101 cm³/mol. The Morgan fingerprint density at radius 2 is 1.79 bits per heavy atom. The Morgan fingerprint density at radius 3 is 2.48 bits per heavy atom. The first-order valence-electron chi connectivity index (χ1n) is 8.38. The topological polar surface area (TPSA) is 101 Å². The molecule has 1 heterocycles. The van der Waals surface area contributed by atoms with Crippen molar-refractivity contribution in [3.05, 3.63) is 77.6 Å². The van der Waals surface area contributed by atoms with Crippen molar-refractivity contribution in [2.45, 2.75) is 11.4 Å². The summed E-state index contributed by atoms with van der Waals surface area (Å²) in [5.74, 6) is -1.86. The van der Waals surface area contributed by atoms with E-state index in [1.165, 1.54) is 31.6 Å². The molecule has 2 aromatic carbocycles. The number of carbonyl (C=O) groups excluding carboxylic acids is 1. The van der Waals surface area contributed by atoms with Crippen LogP contribution in [0.15, 0.2) is 59.8 Å². The third-order valence-electron chi connectivity index (χ3n) is 4.01. The molecule has 0 atom stereocenters. The molecule has 0 spiro atoms. The summed E-state index contributed by atoms with van der Waals surface area (Å²) < 4.78 is 53.0. The summed E-state index contributed by atoms with van der Waals surface area (Å²) >= 11 is 0. The summed E-state index contributed by atoms with van der Waals surface area (Å²) in [7, 11) is -2.28. The van der Waals surface area contributed by atoms with Gasteiger partial charge in [-0.1, -0.05) is 12.1 Å². The zero-order valence-corrected chi connectivity index (χ0v) is 16.0. The van der Waals surface area contributed by atoms with Gasteiger partial charge in [0, 0.05) is 18.9 Å². The lowest BCUT2D eigenvalue weighted by molar-refractivity contribution is 0.0950. The van der Waals surface area contributed by atoms with Gasteiger partial charge in [0.2, 0.25) is 10.0 Å². The predicted octanol–water partition coefficient (Wildman–Crippen LogP) is 2.26. The van der Waals surface area contributed by atoms with Crippen LogP contribution in [-0.2, 0) is 16.6 Å². The van der Waals surface area contributed by atoms with Crippen molar-refractivity contribution >= 4 is 15.9 Å². The summed E-state index contributed by atoms with van der Waals surface area (Å²) in [4.78, 5) is 20.2. The number of nitrogens with one attached hydrogen (secondary N) is 2. The smallest absolute Gasteiger partial charge is 0.254 e. The molecule has 10 heteroatoms. The van der Waals surface area contributed by atoms with Crippen molar-refractivity contribution in [2.75, 3.05) is 7.05 Å². The Labute approximate surface area is 165 Å². The molecule has 2 N–H and O–H groups in total. The molecule has 0 saturated carbocycles. The van der Waals surface area contributed by atoms with E-state index in [2.05, 4.69) is 20.0 Å². The van der Waals surface area contributed by atoms with Crippen LogP contribution in [0.1, 0.15) is 15.9 Å². The Hall–Kier alpha value is -3.24. The highest BCUT2D eigenvalue weighted by molar-refractivity contribution is 7.89. The fourth-order valence-corrected chi connectivity index (χ4v) is 3.28. The number of carbonyl (C=O) groups is 1. The van der Waals surface area contributed by atoms with Gasteiger partial charge in [-0.2, -0.15) is 0 Å². The largest absolute Gasteiger partial charge is 0.348 e. The van der Waals surface area contributed by atoms with Gasteiger partial charge in [0.25, 0.3) is 5.91 Å². The number of benzene rings is 2. The van der Waals surface area contributed by atoms with Gasteiger partial charge in [0.15, 0.2) is 5.82 Å². The Morgan fingerprint density at radius 1 is 1.07 bits per heavy atom. The van der Waals surface area contributed by atoms with E-state index in [9.17, 15) is 22.0 Å². The molecule has 0 saturated heterocycles. The van der Waals surface area contributed by atoms with Crippen LogP contribution in [-0.4, -0.2) is 31.3 Å². The molecule has 0 bridgehead atoms. The minimum atomic E-state index is -3.59. The van der Waals surface area contributed by atoms with E-state index < -0.39 is 27.6 Å². The molecule has 3 rings (SSSR count). The van der Waals surface area contributed by atoms with Crippen molar-refractivity contribution < 1.29 is 22.0 Å². The number of nitrogens with zero attached hydrogens (tertiary/aromatic N) is 2. The highest BCUT2D eigenvalue weighted by atomic mass is 32.2. The van der Waals surface area contributed by atoms with E-state index in [0.717, 1.165) is 18.2 Å². The SMILES string of the molecule is CNS(=O)(=O)c1cccc(CNC(=O)c2cnc(-c3cc(F)ccc3F)nc2)c1. The van der Waals surface area contributed by atoms with Crippen molar-refractivity contribution in [1.29, 1.82) is 0 Å². The molecule has 0 aliphatic carbocycles. The number of hydrogen-bond acceptors (Lipinski definition) is 5. The third-order valence-corrected chi connectivity index (χ3v) is 5.43. The first-order chi connectivity index (χ1) is 13.8. The van der Waals surface area contributed by atoms with Gasteiger partial charge in [0.1, 0.15) is 11.6 Å². The molecule has 150 valence electrons. The number of aromatic nitrogens is 2. The normalized spacial score (nSPS) is 11.3. The number of amides is 1. The quantitative estimate of drug-likeness (QED) is 0.640. The van der Waals surface area contributed by atoms with E-state index in [1.807, 2.05) is 0 Å². The van der Waals surface area contributed by atoms with Gasteiger partial charge in [-0.3, -0.25) is 4.79 Å². The van der Waals surface area contributed by atoms with Gasteiger partial charge in [-0.25, -0.2) is 31.9 Å². The zero-order chi connectivity index (χ0) is 21.0. The summed E-state index contributed by atoms with van der Waals surface area (Å²) in [6.45, 7) is 0.0756. The second kappa shape index (κ2) is 8.41. The molecular weight excluding hydrogens is 402 g/mol. The van der Waals surface area contributed by atoms with Crippen LogP contribution in [0.5, 0.6) is 0 Å². The summed E-state index contributed by atoms with van der Waals surface area (Å²) in [5, 5.41) is 2.62. The minimum Gasteiger partial charge on any atom is -0.348 e. The summed E-state index contributed by atoms with van der Waals surface area (Å²) in [6.07, 6.45) is 2.40. The Balaban J connectivity index is 1.71. The van der Waals surface area contributed by atoms with Crippen LogP contribution >= 0.6 is 0 Å². The van der Waals surface area contributed by atoms with Gasteiger partial charge >= 0.3 is 0 Å². The molecule has 3 aromatic rings. The number of sulfonamides is 1. The standard InChI is InChI=1S/C19H16F2N4O3S/c1-22-29(27,28)15-4-2-3-12(7-15)9-25-19(26)13-10-23-18(24-11-13)16-8-14(20)5-6-17(16)21/h2-8,10-11,22H,9H2,1H3,(H,25,26). The van der Waals surface area contributed by atoms with E-state index in [1.54, 1.807) is 12.1 Å². The zero-order valence-electron chi connectivity index (χ0n) is 15.2. The van der Waals surface area contributed by atoms with Gasteiger partial charge in [-0.05, 0) is 42.9 Å². The maximum Gasteiger partial charge on any atom is 0.254 e. The highest BCUT2D eigenvalue weighted by Crippen LogP contribution is 2.20. The van der Waals surface area contributed by atoms with Crippen LogP contribution in [0.3, 0.4) is 0 Å². The maximum absolute atomic E-state index is 13.8. The van der Waals surface area contributed by atoms with E-state index in [-0.39, 0.29) is 28.4 Å². The second-order valence-corrected chi connectivity index (χ2v) is 7.84. The summed E-state index contributed by atoms with van der Waals surface area (Å²) in [5.41, 5.74) is 0.582. The Bertz CT molecular complexity index is 1150. The van der Waals surface area contributed by atoms with Crippen molar-refractivity contribution in [1.82, 2.24) is 20.0 Å². The number of hydrogen-bond donors (Lipinski definition) is 2. The van der Waals surface area contributed by atoms with Crippen molar-refractivity contribution in [2.24, 2.45) is 0 Å². The lowest BCUT2D eigenvalue weighted by Crippen LogP contribution is -2.23. The molecule has 1 amide bonds. The number of halogens is 2. The van der Waals surface area contributed by atoms with Gasteiger partial charge in [-0.15, -0.1) is 0 Å². The molecule has 0 aliphatic heterocycles. The molecule has 0 radical (unpaired) electrons. The lowest BCUT2D eigenvalue weighted by Gasteiger charge is -2.08. The van der Waals surface area contributed by atoms with E-state index in [0.29, 0.717) is 5.56 Å². The molecule has 29 heavy (non-hydrogen) atoms. The fourth-order valence-electron chi connectivity index (χ4n) is 2.48. The third kappa shape index (κ3) is 4.79. The molecule has 0 fully saturated rings. The minimum absolute atomic E-state index is 0.0523. The number of rotatable bonds is 6. The maximum atomic E-state index is 13.8. The monoisotopic (exact) mass is 418 g/mol. The fraction of sp³-hybridized carbons (Fsp3) is 0.105. The van der Waals surface area contributed by atoms with E-state index in [4.69, 9.17) is 0 Å². The molecule has 7 nitrogen and oxygen atoms in total. The van der Waals surface area contributed by atoms with E-state index >= 15 is 0 Å². The molecular formula is C19H16F2N4O3S. The first-order valence-corrected chi connectivity index (χ1v) is 9.86. The molecule has 0 unspecified atom stereocenters. The highest BCUT2D eigenvalue weighted by Gasteiger charge is 2.14. The Kier molecular flexibility index (Phi) is 5.95. The first kappa shape index (κ1) is 20.5. The van der Waals surface area contributed by atoms with Gasteiger partial charge < -0.3 is 5.32 Å². The average Bonchev–Trinajstić information content (AvgIpc) is 2.74. The average molecular weight is 418 g/mol. The van der Waals surface area contributed by atoms with Crippen molar-refractivity contribution in [3.63, 3.8) is 0 Å². The van der Waals surface area contributed by atoms with Crippen LogP contribution < -0.4 is 10.0 Å². The molecule has 1 aromatic heterocycles. The lowest BCUT2D eigenvalue weighted by atomic mass is 10.2. The summed E-state index contributed by atoms with van der Waals surface area (Å²) in [6, 6.07) is 9.04. The van der Waals surface area contributed by atoms with Crippen LogP contribution in [0.4, 0.5) is 8.78 Å². The van der Waals surface area contributed by atoms with Crippen molar-refractivity contribution in [3.8, 4) is 11.4 Å². The van der Waals surface area contributed by atoms with Crippen LogP contribution in [0, 0.1) is 11.6 Å².